The zero-order valence-electron chi connectivity index (χ0n) is 14.5. The summed E-state index contributed by atoms with van der Waals surface area (Å²) in [4.78, 5) is 37.2. The summed E-state index contributed by atoms with van der Waals surface area (Å²) >= 11 is 0. The second kappa shape index (κ2) is 6.04. The highest BCUT2D eigenvalue weighted by Gasteiger charge is 2.49. The van der Waals surface area contributed by atoms with E-state index in [1.165, 1.54) is 0 Å². The number of carbonyl (C=O) groups is 3. The van der Waals surface area contributed by atoms with E-state index in [-0.39, 0.29) is 29.1 Å². The molecular formula is C19H24N2O3. The van der Waals surface area contributed by atoms with Gasteiger partial charge in [-0.1, -0.05) is 45.7 Å². The van der Waals surface area contributed by atoms with Gasteiger partial charge < -0.3 is 0 Å². The monoisotopic (exact) mass is 328 g/mol. The number of carbonyl (C=O) groups excluding carboxylic acids is 3. The largest absolute Gasteiger partial charge is 0.272 e. The van der Waals surface area contributed by atoms with Crippen LogP contribution in [0.3, 0.4) is 0 Å². The summed E-state index contributed by atoms with van der Waals surface area (Å²) in [5.74, 6) is -1.45. The van der Waals surface area contributed by atoms with E-state index in [2.05, 4.69) is 26.2 Å². The van der Waals surface area contributed by atoms with Crippen molar-refractivity contribution < 1.29 is 14.4 Å². The number of nitrogens with zero attached hydrogens (tertiary/aromatic N) is 1. The molecule has 3 rings (SSSR count). The molecule has 1 heterocycles. The number of rotatable bonds is 2. The van der Waals surface area contributed by atoms with E-state index in [1.807, 2.05) is 12.1 Å². The second-order valence-electron chi connectivity index (χ2n) is 7.78. The molecule has 2 unspecified atom stereocenters. The third-order valence-electron chi connectivity index (χ3n) is 5.07. The first kappa shape index (κ1) is 16.7. The summed E-state index contributed by atoms with van der Waals surface area (Å²) < 4.78 is 0. The van der Waals surface area contributed by atoms with Crippen molar-refractivity contribution in [3.63, 3.8) is 0 Å². The number of fused-ring (bicyclic) bond motifs is 1. The van der Waals surface area contributed by atoms with Gasteiger partial charge in [-0.2, -0.15) is 5.01 Å². The first-order chi connectivity index (χ1) is 11.3. The molecule has 5 nitrogen and oxygen atoms in total. The van der Waals surface area contributed by atoms with Gasteiger partial charge in [0.15, 0.2) is 0 Å². The highest BCUT2D eigenvalue weighted by Crippen LogP contribution is 2.37. The Bertz CT molecular complexity index is 649. The molecule has 5 heteroatoms. The maximum absolute atomic E-state index is 12.4. The molecule has 2 fully saturated rings. The summed E-state index contributed by atoms with van der Waals surface area (Å²) in [5.41, 5.74) is 4.08. The zero-order valence-corrected chi connectivity index (χ0v) is 14.5. The average Bonchev–Trinajstić information content (AvgIpc) is 2.79. The van der Waals surface area contributed by atoms with Crippen LogP contribution in [0.2, 0.25) is 0 Å². The predicted octanol–water partition coefficient (Wildman–Crippen LogP) is 2.80. The molecule has 0 radical (unpaired) electrons. The van der Waals surface area contributed by atoms with Crippen LogP contribution in [-0.2, 0) is 15.0 Å². The van der Waals surface area contributed by atoms with E-state index in [4.69, 9.17) is 0 Å². The Labute approximate surface area is 142 Å². The van der Waals surface area contributed by atoms with Crippen LogP contribution in [0, 0.1) is 11.8 Å². The van der Waals surface area contributed by atoms with Crippen molar-refractivity contribution in [2.24, 2.45) is 11.8 Å². The Balaban J connectivity index is 1.73. The fourth-order valence-electron chi connectivity index (χ4n) is 3.56. The molecule has 1 N–H and O–H groups in total. The van der Waals surface area contributed by atoms with Gasteiger partial charge in [0.25, 0.3) is 17.7 Å². The number of amides is 3. The summed E-state index contributed by atoms with van der Waals surface area (Å²) in [6.07, 6.45) is 3.41. The van der Waals surface area contributed by atoms with Crippen LogP contribution in [0.15, 0.2) is 24.3 Å². The minimum Gasteiger partial charge on any atom is -0.272 e. The highest BCUT2D eigenvalue weighted by atomic mass is 16.2. The minimum absolute atomic E-state index is 0.00554. The first-order valence-corrected chi connectivity index (χ1v) is 8.58. The maximum atomic E-state index is 12.4. The number of benzene rings is 1. The average molecular weight is 328 g/mol. The number of nitrogens with one attached hydrogen (secondary N) is 1. The fourth-order valence-corrected chi connectivity index (χ4v) is 3.56. The fraction of sp³-hybridized carbons (Fsp3) is 0.526. The molecule has 1 saturated heterocycles. The Kier molecular flexibility index (Phi) is 4.20. The lowest BCUT2D eigenvalue weighted by molar-refractivity contribution is -0.142. The van der Waals surface area contributed by atoms with Crippen molar-refractivity contribution in [1.82, 2.24) is 10.4 Å². The third kappa shape index (κ3) is 2.95. The van der Waals surface area contributed by atoms with Gasteiger partial charge in [-0.25, -0.2) is 0 Å². The Morgan fingerprint density at radius 1 is 1.00 bits per heavy atom. The van der Waals surface area contributed by atoms with Crippen LogP contribution in [0.5, 0.6) is 0 Å². The lowest BCUT2D eigenvalue weighted by Crippen LogP contribution is -2.46. The van der Waals surface area contributed by atoms with Gasteiger partial charge >= 0.3 is 0 Å². The molecule has 3 amide bonds. The van der Waals surface area contributed by atoms with E-state index >= 15 is 0 Å². The quantitative estimate of drug-likeness (QED) is 0.849. The molecule has 1 saturated carbocycles. The molecule has 128 valence electrons. The lowest BCUT2D eigenvalue weighted by atomic mass is 9.81. The van der Waals surface area contributed by atoms with Crippen LogP contribution >= 0.6 is 0 Å². The highest BCUT2D eigenvalue weighted by molar-refractivity contribution is 6.07. The molecule has 2 aliphatic rings. The molecule has 1 aromatic rings. The summed E-state index contributed by atoms with van der Waals surface area (Å²) in [5, 5.41) is 0.945. The maximum Gasteiger partial charge on any atom is 0.270 e. The Morgan fingerprint density at radius 2 is 1.50 bits per heavy atom. The van der Waals surface area contributed by atoms with E-state index < -0.39 is 5.91 Å². The number of hydrogen-bond donors (Lipinski definition) is 1. The van der Waals surface area contributed by atoms with Gasteiger partial charge in [0.1, 0.15) is 0 Å². The van der Waals surface area contributed by atoms with Crippen molar-refractivity contribution in [2.75, 3.05) is 0 Å². The van der Waals surface area contributed by atoms with Crippen molar-refractivity contribution in [1.29, 1.82) is 0 Å². The van der Waals surface area contributed by atoms with Gasteiger partial charge in [-0.3, -0.25) is 19.8 Å². The number of hydrogen-bond acceptors (Lipinski definition) is 3. The van der Waals surface area contributed by atoms with E-state index in [1.54, 1.807) is 12.1 Å². The molecule has 1 aromatic carbocycles. The summed E-state index contributed by atoms with van der Waals surface area (Å²) in [6.45, 7) is 6.31. The molecule has 1 aliphatic heterocycles. The SMILES string of the molecule is CC(C)(C)c1ccc(C(=O)NN2C(=O)C3CCCCC3C2=O)cc1. The van der Waals surface area contributed by atoms with E-state index in [0.29, 0.717) is 5.56 Å². The van der Waals surface area contributed by atoms with Gasteiger partial charge in [0, 0.05) is 5.56 Å². The topological polar surface area (TPSA) is 66.5 Å². The van der Waals surface area contributed by atoms with Crippen LogP contribution in [0.1, 0.15) is 62.4 Å². The standard InChI is InChI=1S/C19H24N2O3/c1-19(2,3)13-10-8-12(9-11-13)16(22)20-21-17(23)14-6-4-5-7-15(14)18(21)24/h8-11,14-15H,4-7H2,1-3H3,(H,20,22). The number of imide groups is 1. The molecule has 0 aromatic heterocycles. The van der Waals surface area contributed by atoms with Crippen molar-refractivity contribution in [2.45, 2.75) is 51.9 Å². The Hall–Kier alpha value is -2.17. The molecular weight excluding hydrogens is 304 g/mol. The number of hydrazine groups is 1. The summed E-state index contributed by atoms with van der Waals surface area (Å²) in [7, 11) is 0. The molecule has 2 atom stereocenters. The van der Waals surface area contributed by atoms with Crippen LogP contribution in [0.25, 0.3) is 0 Å². The molecule has 1 aliphatic carbocycles. The summed E-state index contributed by atoms with van der Waals surface area (Å²) in [6, 6.07) is 7.27. The van der Waals surface area contributed by atoms with E-state index in [0.717, 1.165) is 36.3 Å². The van der Waals surface area contributed by atoms with Crippen LogP contribution in [0.4, 0.5) is 0 Å². The van der Waals surface area contributed by atoms with Crippen molar-refractivity contribution in [3.8, 4) is 0 Å². The Morgan fingerprint density at radius 3 is 1.96 bits per heavy atom. The molecule has 24 heavy (non-hydrogen) atoms. The van der Waals surface area contributed by atoms with Gasteiger partial charge in [0.05, 0.1) is 11.8 Å². The second-order valence-corrected chi connectivity index (χ2v) is 7.78. The smallest absolute Gasteiger partial charge is 0.270 e. The van der Waals surface area contributed by atoms with Gasteiger partial charge in [0.2, 0.25) is 0 Å². The van der Waals surface area contributed by atoms with Crippen LogP contribution in [-0.4, -0.2) is 22.7 Å². The third-order valence-corrected chi connectivity index (χ3v) is 5.07. The first-order valence-electron chi connectivity index (χ1n) is 8.58. The van der Waals surface area contributed by atoms with E-state index in [9.17, 15) is 14.4 Å². The molecule has 0 spiro atoms. The predicted molar refractivity (Wildman–Crippen MR) is 89.9 cm³/mol. The van der Waals surface area contributed by atoms with Crippen LogP contribution < -0.4 is 5.43 Å². The van der Waals surface area contributed by atoms with Gasteiger partial charge in [-0.15, -0.1) is 0 Å². The zero-order chi connectivity index (χ0) is 17.5. The normalized spacial score (nSPS) is 24.0. The minimum atomic E-state index is -0.421. The van der Waals surface area contributed by atoms with Crippen molar-refractivity contribution >= 4 is 17.7 Å². The van der Waals surface area contributed by atoms with Gasteiger partial charge in [-0.05, 0) is 36.0 Å². The molecule has 0 bridgehead atoms. The van der Waals surface area contributed by atoms with Crippen molar-refractivity contribution in [3.05, 3.63) is 35.4 Å². The lowest BCUT2D eigenvalue weighted by Gasteiger charge is -2.19.